The topological polar surface area (TPSA) is 18.5 Å². The third kappa shape index (κ3) is 8.73. The van der Waals surface area contributed by atoms with Gasteiger partial charge in [-0.2, -0.15) is 0 Å². The summed E-state index contributed by atoms with van der Waals surface area (Å²) in [6.07, 6.45) is 24.6. The third-order valence-corrected chi connectivity index (χ3v) is 4.70. The molecule has 0 radical (unpaired) electrons. The van der Waals surface area contributed by atoms with Crippen LogP contribution in [0, 0.1) is 5.41 Å². The summed E-state index contributed by atoms with van der Waals surface area (Å²) in [5.74, 6) is 0. The van der Waals surface area contributed by atoms with E-state index in [1.54, 1.807) is 0 Å². The summed E-state index contributed by atoms with van der Waals surface area (Å²) in [7, 11) is 0. The van der Waals surface area contributed by atoms with Crippen LogP contribution >= 0.6 is 0 Å². The van der Waals surface area contributed by atoms with E-state index in [-0.39, 0.29) is 11.5 Å². The van der Waals surface area contributed by atoms with E-state index in [2.05, 4.69) is 44.2 Å². The maximum absolute atomic E-state index is 5.81. The van der Waals surface area contributed by atoms with E-state index in [1.807, 2.05) is 13.2 Å². The maximum atomic E-state index is 5.81. The van der Waals surface area contributed by atoms with Gasteiger partial charge in [-0.15, -0.1) is 0 Å². The van der Waals surface area contributed by atoms with Gasteiger partial charge < -0.3 is 9.47 Å². The van der Waals surface area contributed by atoms with Crippen LogP contribution in [0.1, 0.15) is 78.6 Å². The van der Waals surface area contributed by atoms with Crippen molar-refractivity contribution in [1.82, 2.24) is 0 Å². The van der Waals surface area contributed by atoms with Gasteiger partial charge in [-0.25, -0.2) is 0 Å². The first-order valence-electron chi connectivity index (χ1n) is 10.00. The highest BCUT2D eigenvalue weighted by Crippen LogP contribution is 2.31. The molecule has 0 aliphatic heterocycles. The van der Waals surface area contributed by atoms with Crippen molar-refractivity contribution in [2.75, 3.05) is 13.2 Å². The molecule has 0 amide bonds. The van der Waals surface area contributed by atoms with Gasteiger partial charge in [0, 0.05) is 12.0 Å². The Morgan fingerprint density at radius 3 is 2.25 bits per heavy atom. The number of hydrogen-bond acceptors (Lipinski definition) is 2. The fourth-order valence-electron chi connectivity index (χ4n) is 3.05. The van der Waals surface area contributed by atoms with E-state index in [9.17, 15) is 0 Å². The molecule has 0 heterocycles. The standard InChI is InChI=1S/C22H38O2/c1-4-6-7-8-9-10-11-12-15-19-23-20-18-22(3)17-14-13-16-21(22)24-5-2/h13-14,16-18,20-21H,4-12,15,19H2,1-3H3. The lowest BCUT2D eigenvalue weighted by Gasteiger charge is -2.31. The molecule has 0 aromatic carbocycles. The van der Waals surface area contributed by atoms with Crippen molar-refractivity contribution >= 4 is 0 Å². The highest BCUT2D eigenvalue weighted by Gasteiger charge is 2.29. The van der Waals surface area contributed by atoms with E-state index < -0.39 is 0 Å². The third-order valence-electron chi connectivity index (χ3n) is 4.70. The second-order valence-electron chi connectivity index (χ2n) is 6.99. The monoisotopic (exact) mass is 334 g/mol. The van der Waals surface area contributed by atoms with Crippen LogP contribution in [0.5, 0.6) is 0 Å². The average molecular weight is 335 g/mol. The summed E-state index contributed by atoms with van der Waals surface area (Å²) in [5, 5.41) is 0. The van der Waals surface area contributed by atoms with Crippen LogP contribution in [0.3, 0.4) is 0 Å². The van der Waals surface area contributed by atoms with Gasteiger partial charge in [-0.1, -0.05) is 82.6 Å². The van der Waals surface area contributed by atoms with Crippen LogP contribution < -0.4 is 0 Å². The Bertz CT molecular complexity index is 383. The smallest absolute Gasteiger partial charge is 0.0882 e. The van der Waals surface area contributed by atoms with Crippen LogP contribution in [0.2, 0.25) is 0 Å². The molecule has 0 aromatic rings. The van der Waals surface area contributed by atoms with Crippen molar-refractivity contribution in [3.05, 3.63) is 36.6 Å². The van der Waals surface area contributed by atoms with E-state index in [0.29, 0.717) is 0 Å². The molecule has 0 aromatic heterocycles. The second-order valence-corrected chi connectivity index (χ2v) is 6.99. The lowest BCUT2D eigenvalue weighted by atomic mass is 9.81. The molecule has 2 heteroatoms. The summed E-state index contributed by atoms with van der Waals surface area (Å²) < 4.78 is 11.5. The molecule has 138 valence electrons. The molecule has 0 N–H and O–H groups in total. The summed E-state index contributed by atoms with van der Waals surface area (Å²) in [5.41, 5.74) is -0.108. The molecule has 1 aliphatic carbocycles. The molecule has 1 rings (SSSR count). The first-order valence-corrected chi connectivity index (χ1v) is 10.00. The fraction of sp³-hybridized carbons (Fsp3) is 0.727. The van der Waals surface area contributed by atoms with Gasteiger partial charge in [-0.3, -0.25) is 0 Å². The predicted octanol–water partition coefficient (Wildman–Crippen LogP) is 6.58. The number of allylic oxidation sites excluding steroid dienone is 2. The predicted molar refractivity (Wildman–Crippen MR) is 104 cm³/mol. The number of hydrogen-bond donors (Lipinski definition) is 0. The van der Waals surface area contributed by atoms with Crippen LogP contribution in [-0.2, 0) is 9.47 Å². The van der Waals surface area contributed by atoms with Crippen molar-refractivity contribution in [1.29, 1.82) is 0 Å². The Morgan fingerprint density at radius 1 is 0.917 bits per heavy atom. The molecule has 2 nitrogen and oxygen atoms in total. The first kappa shape index (κ1) is 21.0. The van der Waals surface area contributed by atoms with Gasteiger partial charge in [-0.05, 0) is 26.3 Å². The molecule has 24 heavy (non-hydrogen) atoms. The van der Waals surface area contributed by atoms with E-state index in [0.717, 1.165) is 19.6 Å². The first-order chi connectivity index (χ1) is 11.7. The average Bonchev–Trinajstić information content (AvgIpc) is 2.58. The number of ether oxygens (including phenoxy) is 2. The van der Waals surface area contributed by atoms with E-state index in [4.69, 9.17) is 9.47 Å². The van der Waals surface area contributed by atoms with Crippen LogP contribution in [0.4, 0.5) is 0 Å². The minimum Gasteiger partial charge on any atom is -0.501 e. The van der Waals surface area contributed by atoms with Crippen molar-refractivity contribution in [2.45, 2.75) is 84.7 Å². The van der Waals surface area contributed by atoms with E-state index in [1.165, 1.54) is 51.4 Å². The molecule has 2 atom stereocenters. The van der Waals surface area contributed by atoms with Gasteiger partial charge in [0.2, 0.25) is 0 Å². The van der Waals surface area contributed by atoms with Crippen molar-refractivity contribution in [2.24, 2.45) is 5.41 Å². The highest BCUT2D eigenvalue weighted by atomic mass is 16.5. The molecular formula is C22H38O2. The molecule has 0 fully saturated rings. The largest absolute Gasteiger partial charge is 0.501 e. The minimum absolute atomic E-state index is 0.0973. The van der Waals surface area contributed by atoms with E-state index >= 15 is 0 Å². The zero-order valence-electron chi connectivity index (χ0n) is 16.1. The summed E-state index contributed by atoms with van der Waals surface area (Å²) in [6.45, 7) is 8.04. The van der Waals surface area contributed by atoms with Crippen molar-refractivity contribution in [3.63, 3.8) is 0 Å². The Morgan fingerprint density at radius 2 is 1.58 bits per heavy atom. The zero-order chi connectivity index (χ0) is 17.5. The Kier molecular flexibility index (Phi) is 11.6. The molecule has 0 bridgehead atoms. The Labute approximate surface area is 150 Å². The van der Waals surface area contributed by atoms with Crippen molar-refractivity contribution < 1.29 is 9.47 Å². The molecule has 0 saturated carbocycles. The molecule has 2 unspecified atom stereocenters. The molecule has 1 aliphatic rings. The fourth-order valence-corrected chi connectivity index (χ4v) is 3.05. The lowest BCUT2D eigenvalue weighted by molar-refractivity contribution is 0.0446. The van der Waals surface area contributed by atoms with Gasteiger partial charge in [0.05, 0.1) is 19.0 Å². The van der Waals surface area contributed by atoms with Crippen molar-refractivity contribution in [3.8, 4) is 0 Å². The minimum atomic E-state index is -0.108. The van der Waals surface area contributed by atoms with Crippen LogP contribution in [0.15, 0.2) is 36.6 Å². The summed E-state index contributed by atoms with van der Waals surface area (Å²) in [6, 6.07) is 0. The quantitative estimate of drug-likeness (QED) is 0.264. The Hall–Kier alpha value is -1.02. The summed E-state index contributed by atoms with van der Waals surface area (Å²) >= 11 is 0. The van der Waals surface area contributed by atoms with Crippen LogP contribution in [-0.4, -0.2) is 19.3 Å². The SMILES string of the molecule is CCCCCCCCCCCOC=CC1(C)C=CC=CC1OCC. The normalized spacial score (nSPS) is 23.2. The molecule has 0 spiro atoms. The van der Waals surface area contributed by atoms with Gasteiger partial charge >= 0.3 is 0 Å². The van der Waals surface area contributed by atoms with Crippen LogP contribution in [0.25, 0.3) is 0 Å². The van der Waals surface area contributed by atoms with Gasteiger partial charge in [0.1, 0.15) is 0 Å². The van der Waals surface area contributed by atoms with Gasteiger partial charge in [0.15, 0.2) is 0 Å². The highest BCUT2D eigenvalue weighted by molar-refractivity contribution is 5.25. The second kappa shape index (κ2) is 13.3. The van der Waals surface area contributed by atoms with Gasteiger partial charge in [0.25, 0.3) is 0 Å². The molecule has 0 saturated heterocycles. The zero-order valence-corrected chi connectivity index (χ0v) is 16.1. The number of rotatable bonds is 14. The lowest BCUT2D eigenvalue weighted by Crippen LogP contribution is -2.31. The number of unbranched alkanes of at least 4 members (excludes halogenated alkanes) is 8. The maximum Gasteiger partial charge on any atom is 0.0882 e. The Balaban J connectivity index is 2.06. The summed E-state index contributed by atoms with van der Waals surface area (Å²) in [4.78, 5) is 0. The molecular weight excluding hydrogens is 296 g/mol.